The van der Waals surface area contributed by atoms with Gasteiger partial charge in [0.1, 0.15) is 12.3 Å². The van der Waals surface area contributed by atoms with Crippen LogP contribution in [0.5, 0.6) is 0 Å². The molecule has 0 bridgehead atoms. The summed E-state index contributed by atoms with van der Waals surface area (Å²) < 4.78 is 10.8. The third-order valence-corrected chi connectivity index (χ3v) is 3.74. The van der Waals surface area contributed by atoms with Crippen LogP contribution in [0.1, 0.15) is 32.8 Å². The smallest absolute Gasteiger partial charge is 0.412 e. The number of nitrogens with zero attached hydrogens (tertiary/aromatic N) is 1. The fourth-order valence-electron chi connectivity index (χ4n) is 2.74. The first-order valence-electron chi connectivity index (χ1n) is 7.27. The predicted molar refractivity (Wildman–Crippen MR) is 79.1 cm³/mol. The Labute approximate surface area is 129 Å². The van der Waals surface area contributed by atoms with Gasteiger partial charge in [0, 0.05) is 0 Å². The van der Waals surface area contributed by atoms with Gasteiger partial charge in [-0.2, -0.15) is 0 Å². The molecule has 0 spiro atoms. The molecule has 120 valence electrons. The predicted octanol–water partition coefficient (Wildman–Crippen LogP) is 2.62. The molecule has 0 saturated carbocycles. The third-order valence-electron chi connectivity index (χ3n) is 3.74. The molecule has 22 heavy (non-hydrogen) atoms. The summed E-state index contributed by atoms with van der Waals surface area (Å²) in [7, 11) is 0. The van der Waals surface area contributed by atoms with E-state index in [1.54, 1.807) is 13.8 Å². The number of hydrogen-bond donors (Lipinski definition) is 1. The van der Waals surface area contributed by atoms with Crippen LogP contribution in [0.2, 0.25) is 0 Å². The maximum atomic E-state index is 12.4. The molecule has 6 nitrogen and oxygen atoms in total. The molecular weight excluding hydrogens is 286 g/mol. The molecule has 0 radical (unpaired) electrons. The van der Waals surface area contributed by atoms with E-state index in [1.807, 2.05) is 37.3 Å². The molecule has 6 heteroatoms. The second-order valence-electron chi connectivity index (χ2n) is 5.71. The van der Waals surface area contributed by atoms with Gasteiger partial charge in [0.2, 0.25) is 0 Å². The summed E-state index contributed by atoms with van der Waals surface area (Å²) >= 11 is 0. The van der Waals surface area contributed by atoms with Crippen molar-refractivity contribution in [3.8, 4) is 0 Å². The first-order chi connectivity index (χ1) is 10.4. The summed E-state index contributed by atoms with van der Waals surface area (Å²) in [5.74, 6) is -1.07. The van der Waals surface area contributed by atoms with Crippen molar-refractivity contribution in [2.45, 2.75) is 51.7 Å². The Kier molecular flexibility index (Phi) is 4.71. The largest absolute Gasteiger partial charge is 0.479 e. The van der Waals surface area contributed by atoms with Crippen molar-refractivity contribution in [3.05, 3.63) is 35.9 Å². The maximum Gasteiger partial charge on any atom is 0.412 e. The highest BCUT2D eigenvalue weighted by molar-refractivity contribution is 5.77. The normalized spacial score (nSPS) is 23.3. The number of carboxylic acid groups (broad SMARTS) is 1. The fourth-order valence-corrected chi connectivity index (χ4v) is 2.74. The summed E-state index contributed by atoms with van der Waals surface area (Å²) in [6, 6.07) is 8.78. The average molecular weight is 307 g/mol. The maximum absolute atomic E-state index is 12.4. The number of aliphatic carboxylic acids is 1. The standard InChI is InChI=1S/C16H21NO5/c1-4-12-13(14(18)19)22-16(2,3)17(12)15(20)21-10-11-8-6-5-7-9-11/h5-9,12-13H,4,10H2,1-3H3,(H,18,19). The van der Waals surface area contributed by atoms with Gasteiger partial charge in [0.15, 0.2) is 6.10 Å². The third kappa shape index (κ3) is 3.22. The van der Waals surface area contributed by atoms with Crippen LogP contribution in [0.15, 0.2) is 30.3 Å². The molecular formula is C16H21NO5. The van der Waals surface area contributed by atoms with E-state index in [0.717, 1.165) is 5.56 Å². The Hall–Kier alpha value is -2.08. The van der Waals surface area contributed by atoms with E-state index in [9.17, 15) is 14.7 Å². The van der Waals surface area contributed by atoms with Crippen LogP contribution in [-0.2, 0) is 20.9 Å². The van der Waals surface area contributed by atoms with Crippen molar-refractivity contribution in [1.29, 1.82) is 0 Å². The Morgan fingerprint density at radius 1 is 1.32 bits per heavy atom. The molecule has 1 fully saturated rings. The summed E-state index contributed by atoms with van der Waals surface area (Å²) in [6.45, 7) is 5.30. The number of carbonyl (C=O) groups excluding carboxylic acids is 1. The molecule has 1 aromatic rings. The number of rotatable bonds is 4. The van der Waals surface area contributed by atoms with Gasteiger partial charge in [-0.05, 0) is 25.8 Å². The van der Waals surface area contributed by atoms with E-state index >= 15 is 0 Å². The van der Waals surface area contributed by atoms with Gasteiger partial charge >= 0.3 is 12.1 Å². The fraction of sp³-hybridized carbons (Fsp3) is 0.500. The van der Waals surface area contributed by atoms with E-state index in [2.05, 4.69) is 0 Å². The quantitative estimate of drug-likeness (QED) is 0.925. The van der Waals surface area contributed by atoms with E-state index in [1.165, 1.54) is 4.90 Å². The zero-order chi connectivity index (χ0) is 16.3. The van der Waals surface area contributed by atoms with Crippen molar-refractivity contribution < 1.29 is 24.2 Å². The first-order valence-corrected chi connectivity index (χ1v) is 7.27. The van der Waals surface area contributed by atoms with Crippen LogP contribution in [0.3, 0.4) is 0 Å². The number of ether oxygens (including phenoxy) is 2. The molecule has 1 N–H and O–H groups in total. The van der Waals surface area contributed by atoms with Crippen molar-refractivity contribution in [2.75, 3.05) is 0 Å². The lowest BCUT2D eigenvalue weighted by Gasteiger charge is -2.32. The molecule has 1 aromatic carbocycles. The second kappa shape index (κ2) is 6.36. The van der Waals surface area contributed by atoms with Crippen LogP contribution >= 0.6 is 0 Å². The lowest BCUT2D eigenvalue weighted by Crippen LogP contribution is -2.48. The van der Waals surface area contributed by atoms with Gasteiger partial charge in [0.05, 0.1) is 6.04 Å². The molecule has 2 atom stereocenters. The minimum absolute atomic E-state index is 0.139. The van der Waals surface area contributed by atoms with Gasteiger partial charge in [-0.3, -0.25) is 4.90 Å². The molecule has 1 heterocycles. The SMILES string of the molecule is CCC1C(C(=O)O)OC(C)(C)N1C(=O)OCc1ccccc1. The zero-order valence-electron chi connectivity index (χ0n) is 13.0. The van der Waals surface area contributed by atoms with Gasteiger partial charge in [-0.15, -0.1) is 0 Å². The Bertz CT molecular complexity index is 543. The minimum atomic E-state index is -1.07. The highest BCUT2D eigenvalue weighted by Crippen LogP contribution is 2.34. The molecule has 1 saturated heterocycles. The van der Waals surface area contributed by atoms with E-state index in [4.69, 9.17) is 9.47 Å². The summed E-state index contributed by atoms with van der Waals surface area (Å²) in [5, 5.41) is 9.25. The van der Waals surface area contributed by atoms with Gasteiger partial charge in [-0.25, -0.2) is 9.59 Å². The van der Waals surface area contributed by atoms with E-state index in [0.29, 0.717) is 6.42 Å². The molecule has 1 aliphatic heterocycles. The van der Waals surface area contributed by atoms with Crippen molar-refractivity contribution in [3.63, 3.8) is 0 Å². The van der Waals surface area contributed by atoms with Crippen LogP contribution in [0.25, 0.3) is 0 Å². The zero-order valence-corrected chi connectivity index (χ0v) is 13.0. The average Bonchev–Trinajstić information content (AvgIpc) is 2.77. The Morgan fingerprint density at radius 3 is 2.50 bits per heavy atom. The van der Waals surface area contributed by atoms with Gasteiger partial charge in [0.25, 0.3) is 0 Å². The van der Waals surface area contributed by atoms with E-state index < -0.39 is 29.9 Å². The minimum Gasteiger partial charge on any atom is -0.479 e. The topological polar surface area (TPSA) is 76.1 Å². The number of hydrogen-bond acceptors (Lipinski definition) is 4. The second-order valence-corrected chi connectivity index (χ2v) is 5.71. The number of benzene rings is 1. The number of carbonyl (C=O) groups is 2. The molecule has 0 aromatic heterocycles. The first kappa shape index (κ1) is 16.3. The molecule has 1 amide bonds. The lowest BCUT2D eigenvalue weighted by atomic mass is 10.1. The van der Waals surface area contributed by atoms with Crippen LogP contribution in [0, 0.1) is 0 Å². The van der Waals surface area contributed by atoms with Gasteiger partial charge < -0.3 is 14.6 Å². The lowest BCUT2D eigenvalue weighted by molar-refractivity contribution is -0.155. The van der Waals surface area contributed by atoms with Gasteiger partial charge in [-0.1, -0.05) is 37.3 Å². The van der Waals surface area contributed by atoms with Crippen molar-refractivity contribution in [2.24, 2.45) is 0 Å². The molecule has 2 unspecified atom stereocenters. The summed E-state index contributed by atoms with van der Waals surface area (Å²) in [5.41, 5.74) is -0.145. The number of carboxylic acids is 1. The van der Waals surface area contributed by atoms with E-state index in [-0.39, 0.29) is 6.61 Å². The van der Waals surface area contributed by atoms with Crippen molar-refractivity contribution >= 4 is 12.1 Å². The highest BCUT2D eigenvalue weighted by atomic mass is 16.6. The summed E-state index contributed by atoms with van der Waals surface area (Å²) in [6.07, 6.45) is -1.13. The van der Waals surface area contributed by atoms with Crippen LogP contribution in [0.4, 0.5) is 4.79 Å². The molecule has 0 aliphatic carbocycles. The molecule has 2 rings (SSSR count). The Balaban J connectivity index is 2.10. The molecule has 1 aliphatic rings. The van der Waals surface area contributed by atoms with Crippen LogP contribution in [-0.4, -0.2) is 39.9 Å². The summed E-state index contributed by atoms with van der Waals surface area (Å²) in [4.78, 5) is 25.1. The van der Waals surface area contributed by atoms with Crippen molar-refractivity contribution in [1.82, 2.24) is 4.90 Å². The van der Waals surface area contributed by atoms with Crippen LogP contribution < -0.4 is 0 Å². The monoisotopic (exact) mass is 307 g/mol. The number of amides is 1. The highest BCUT2D eigenvalue weighted by Gasteiger charge is 2.52. The Morgan fingerprint density at radius 2 is 1.95 bits per heavy atom.